The van der Waals surface area contributed by atoms with Gasteiger partial charge in [-0.25, -0.2) is 0 Å². The fourth-order valence-corrected chi connectivity index (χ4v) is 3.06. The van der Waals surface area contributed by atoms with Crippen molar-refractivity contribution >= 4 is 29.2 Å². The minimum atomic E-state index is -0.618. The number of carbonyl (C=O) groups excluding carboxylic acids is 2. The predicted molar refractivity (Wildman–Crippen MR) is 106 cm³/mol. The maximum atomic E-state index is 12.5. The average Bonchev–Trinajstić information content (AvgIpc) is 3.47. The largest absolute Gasteiger partial charge is 0.455 e. The first-order valence-corrected chi connectivity index (χ1v) is 9.25. The number of esters is 1. The molecule has 6 heteroatoms. The highest BCUT2D eigenvalue weighted by molar-refractivity contribution is 6.30. The van der Waals surface area contributed by atoms with Crippen LogP contribution in [0, 0.1) is 0 Å². The van der Waals surface area contributed by atoms with E-state index in [9.17, 15) is 9.59 Å². The molecule has 0 spiro atoms. The number of halogens is 1. The molecule has 0 atom stereocenters. The number of hydrogen-bond donors (Lipinski definition) is 1. The lowest BCUT2D eigenvalue weighted by atomic mass is 9.96. The van der Waals surface area contributed by atoms with Crippen LogP contribution in [0.1, 0.15) is 24.0 Å². The molecule has 142 valence electrons. The van der Waals surface area contributed by atoms with Gasteiger partial charge in [0, 0.05) is 31.4 Å². The zero-order valence-electron chi connectivity index (χ0n) is 15.5. The van der Waals surface area contributed by atoms with Gasteiger partial charge >= 0.3 is 5.97 Å². The SMILES string of the molecule is CN(C)c1ccc(CNC(=O)COC(=O)C2(c3ccc(Cl)cc3)CC2)cc1. The average molecular weight is 387 g/mol. The summed E-state index contributed by atoms with van der Waals surface area (Å²) in [6.07, 6.45) is 1.46. The standard InChI is InChI=1S/C21H23ClN2O3/c1-24(2)18-9-3-15(4-10-18)13-23-19(25)14-27-20(26)21(11-12-21)16-5-7-17(22)8-6-16/h3-10H,11-14H2,1-2H3,(H,23,25). The van der Waals surface area contributed by atoms with Crippen molar-refractivity contribution in [2.45, 2.75) is 24.8 Å². The first-order chi connectivity index (χ1) is 12.9. The van der Waals surface area contributed by atoms with Gasteiger partial charge in [-0.15, -0.1) is 0 Å². The highest BCUT2D eigenvalue weighted by Crippen LogP contribution is 2.49. The third kappa shape index (κ3) is 4.61. The number of nitrogens with zero attached hydrogens (tertiary/aromatic N) is 1. The summed E-state index contributed by atoms with van der Waals surface area (Å²) in [6, 6.07) is 15.1. The Hall–Kier alpha value is -2.53. The summed E-state index contributed by atoms with van der Waals surface area (Å²) in [5.41, 5.74) is 2.35. The third-order valence-corrected chi connectivity index (χ3v) is 5.07. The number of hydrogen-bond acceptors (Lipinski definition) is 4. The van der Waals surface area contributed by atoms with Crippen molar-refractivity contribution in [1.82, 2.24) is 5.32 Å². The molecule has 27 heavy (non-hydrogen) atoms. The van der Waals surface area contributed by atoms with Crippen molar-refractivity contribution in [1.29, 1.82) is 0 Å². The van der Waals surface area contributed by atoms with Crippen LogP contribution in [-0.4, -0.2) is 32.6 Å². The molecular formula is C21H23ClN2O3. The fourth-order valence-electron chi connectivity index (χ4n) is 2.94. The van der Waals surface area contributed by atoms with Gasteiger partial charge in [0.2, 0.25) is 0 Å². The van der Waals surface area contributed by atoms with Crippen molar-refractivity contribution in [2.75, 3.05) is 25.6 Å². The van der Waals surface area contributed by atoms with E-state index in [0.29, 0.717) is 11.6 Å². The third-order valence-electron chi connectivity index (χ3n) is 4.81. The molecule has 0 unspecified atom stereocenters. The van der Waals surface area contributed by atoms with Crippen LogP contribution in [0.2, 0.25) is 5.02 Å². The molecule has 1 aliphatic carbocycles. The summed E-state index contributed by atoms with van der Waals surface area (Å²) >= 11 is 5.90. The smallest absolute Gasteiger partial charge is 0.317 e. The van der Waals surface area contributed by atoms with Crippen molar-refractivity contribution in [3.8, 4) is 0 Å². The van der Waals surface area contributed by atoms with E-state index in [1.54, 1.807) is 12.1 Å². The summed E-state index contributed by atoms with van der Waals surface area (Å²) < 4.78 is 5.26. The number of benzene rings is 2. The Labute approximate surface area is 164 Å². The second-order valence-electron chi connectivity index (χ2n) is 7.00. The molecule has 1 amide bonds. The highest BCUT2D eigenvalue weighted by atomic mass is 35.5. The number of rotatable bonds is 7. The molecule has 1 fully saturated rings. The van der Waals surface area contributed by atoms with E-state index in [0.717, 1.165) is 29.7 Å². The van der Waals surface area contributed by atoms with Crippen LogP contribution < -0.4 is 10.2 Å². The molecule has 5 nitrogen and oxygen atoms in total. The Morgan fingerprint density at radius 3 is 2.26 bits per heavy atom. The number of amides is 1. The number of carbonyl (C=O) groups is 2. The van der Waals surface area contributed by atoms with Gasteiger partial charge in [-0.3, -0.25) is 9.59 Å². The number of nitrogens with one attached hydrogen (secondary N) is 1. The molecule has 2 aromatic carbocycles. The van der Waals surface area contributed by atoms with Gasteiger partial charge in [0.15, 0.2) is 6.61 Å². The zero-order valence-corrected chi connectivity index (χ0v) is 16.3. The monoisotopic (exact) mass is 386 g/mol. The van der Waals surface area contributed by atoms with E-state index >= 15 is 0 Å². The number of ether oxygens (including phenoxy) is 1. The molecule has 2 aromatic rings. The quantitative estimate of drug-likeness (QED) is 0.742. The maximum Gasteiger partial charge on any atom is 0.317 e. The lowest BCUT2D eigenvalue weighted by Gasteiger charge is -2.15. The van der Waals surface area contributed by atoms with Crippen molar-refractivity contribution < 1.29 is 14.3 Å². The summed E-state index contributed by atoms with van der Waals surface area (Å²) in [4.78, 5) is 26.5. The van der Waals surface area contributed by atoms with E-state index < -0.39 is 5.41 Å². The summed E-state index contributed by atoms with van der Waals surface area (Å²) in [5.74, 6) is -0.665. The Morgan fingerprint density at radius 2 is 1.70 bits per heavy atom. The second kappa shape index (κ2) is 8.01. The van der Waals surface area contributed by atoms with Gasteiger partial charge in [-0.1, -0.05) is 35.9 Å². The van der Waals surface area contributed by atoms with Crippen LogP contribution >= 0.6 is 11.6 Å². The molecule has 0 aromatic heterocycles. The Bertz CT molecular complexity index is 812. The summed E-state index contributed by atoms with van der Waals surface area (Å²) in [7, 11) is 3.95. The molecule has 3 rings (SSSR count). The summed E-state index contributed by atoms with van der Waals surface area (Å²) in [5, 5.41) is 3.40. The lowest BCUT2D eigenvalue weighted by Crippen LogP contribution is -2.31. The highest BCUT2D eigenvalue weighted by Gasteiger charge is 2.52. The van der Waals surface area contributed by atoms with Gasteiger partial charge in [-0.2, -0.15) is 0 Å². The molecule has 0 radical (unpaired) electrons. The van der Waals surface area contributed by atoms with Gasteiger partial charge < -0.3 is 15.0 Å². The van der Waals surface area contributed by atoms with E-state index in [1.165, 1.54) is 0 Å². The Morgan fingerprint density at radius 1 is 1.07 bits per heavy atom. The van der Waals surface area contributed by atoms with Gasteiger partial charge in [0.25, 0.3) is 5.91 Å². The van der Waals surface area contributed by atoms with Crippen LogP contribution in [-0.2, 0) is 26.3 Å². The Balaban J connectivity index is 1.47. The van der Waals surface area contributed by atoms with Crippen molar-refractivity contribution in [2.24, 2.45) is 0 Å². The molecular weight excluding hydrogens is 364 g/mol. The van der Waals surface area contributed by atoms with Gasteiger partial charge in [-0.05, 0) is 48.2 Å². The van der Waals surface area contributed by atoms with Gasteiger partial charge in [0.1, 0.15) is 0 Å². The van der Waals surface area contributed by atoms with E-state index in [2.05, 4.69) is 5.32 Å². The minimum Gasteiger partial charge on any atom is -0.455 e. The number of anilines is 1. The lowest BCUT2D eigenvalue weighted by molar-refractivity contribution is -0.151. The van der Waals surface area contributed by atoms with E-state index in [-0.39, 0.29) is 18.5 Å². The van der Waals surface area contributed by atoms with Crippen molar-refractivity contribution in [3.05, 3.63) is 64.7 Å². The molecule has 0 aliphatic heterocycles. The van der Waals surface area contributed by atoms with Crippen LogP contribution in [0.5, 0.6) is 0 Å². The zero-order chi connectivity index (χ0) is 19.4. The van der Waals surface area contributed by atoms with Crippen molar-refractivity contribution in [3.63, 3.8) is 0 Å². The second-order valence-corrected chi connectivity index (χ2v) is 7.44. The van der Waals surface area contributed by atoms with Crippen LogP contribution in [0.15, 0.2) is 48.5 Å². The van der Waals surface area contributed by atoms with Gasteiger partial charge in [0.05, 0.1) is 5.41 Å². The molecule has 1 saturated carbocycles. The molecule has 0 heterocycles. The van der Waals surface area contributed by atoms with E-state index in [1.807, 2.05) is 55.4 Å². The molecule has 1 aliphatic rings. The van der Waals surface area contributed by atoms with E-state index in [4.69, 9.17) is 16.3 Å². The topological polar surface area (TPSA) is 58.6 Å². The first kappa shape index (κ1) is 19.2. The fraction of sp³-hybridized carbons (Fsp3) is 0.333. The maximum absolute atomic E-state index is 12.5. The molecule has 1 N–H and O–H groups in total. The molecule has 0 bridgehead atoms. The summed E-state index contributed by atoms with van der Waals surface area (Å²) in [6.45, 7) is 0.121. The normalized spacial score (nSPS) is 14.3. The van der Waals surface area contributed by atoms with Crippen LogP contribution in [0.4, 0.5) is 5.69 Å². The van der Waals surface area contributed by atoms with Crippen LogP contribution in [0.3, 0.4) is 0 Å². The molecule has 0 saturated heterocycles. The minimum absolute atomic E-state index is 0.274. The van der Waals surface area contributed by atoms with Crippen LogP contribution in [0.25, 0.3) is 0 Å². The first-order valence-electron chi connectivity index (χ1n) is 8.87. The Kier molecular flexibility index (Phi) is 5.71. The predicted octanol–water partition coefficient (Wildman–Crippen LogP) is 3.30.